The summed E-state index contributed by atoms with van der Waals surface area (Å²) in [6.07, 6.45) is 0.0430. The molecule has 1 aliphatic rings. The van der Waals surface area contributed by atoms with Gasteiger partial charge in [-0.2, -0.15) is 0 Å². The molecule has 226 valence electrons. The number of carboxylic acids is 1. The monoisotopic (exact) mass is 587 g/mol. The zero-order chi connectivity index (χ0) is 31.7. The first-order chi connectivity index (χ1) is 20.5. The Hall–Kier alpha value is -5.19. The van der Waals surface area contributed by atoms with Gasteiger partial charge in [-0.25, -0.2) is 4.79 Å². The van der Waals surface area contributed by atoms with Gasteiger partial charge in [0.05, 0.1) is 23.6 Å². The number of hydrogen-bond acceptors (Lipinski definition) is 5. The Kier molecular flexibility index (Phi) is 11.0. The Bertz CT molecular complexity index is 1500. The number of carbonyl (C=O) groups is 5. The zero-order valence-corrected chi connectivity index (χ0v) is 24.9. The van der Waals surface area contributed by atoms with Crippen molar-refractivity contribution >= 4 is 52.5 Å². The van der Waals surface area contributed by atoms with Crippen LogP contribution in [0.2, 0.25) is 0 Å². The number of urea groups is 1. The van der Waals surface area contributed by atoms with E-state index in [1.54, 1.807) is 43.4 Å². The maximum absolute atomic E-state index is 13.2. The number of aryl methyl sites for hydroxylation is 1. The van der Waals surface area contributed by atoms with Crippen molar-refractivity contribution in [2.45, 2.75) is 34.1 Å². The van der Waals surface area contributed by atoms with Gasteiger partial charge in [0.2, 0.25) is 11.8 Å². The van der Waals surface area contributed by atoms with Crippen molar-refractivity contribution in [3.05, 3.63) is 83.4 Å². The lowest BCUT2D eigenvalue weighted by molar-refractivity contribution is -0.141. The van der Waals surface area contributed by atoms with Crippen molar-refractivity contribution in [1.82, 2.24) is 4.90 Å². The highest BCUT2D eigenvalue weighted by molar-refractivity contribution is 6.10. The van der Waals surface area contributed by atoms with Crippen molar-refractivity contribution in [3.63, 3.8) is 0 Å². The van der Waals surface area contributed by atoms with Gasteiger partial charge in [-0.05, 0) is 54.4 Å². The van der Waals surface area contributed by atoms with Crippen LogP contribution in [0.3, 0.4) is 0 Å². The van der Waals surface area contributed by atoms with Gasteiger partial charge in [0, 0.05) is 30.7 Å². The summed E-state index contributed by atoms with van der Waals surface area (Å²) >= 11 is 0. The molecule has 11 heteroatoms. The Balaban J connectivity index is 0.00000248. The second kappa shape index (κ2) is 14.6. The molecule has 4 N–H and O–H groups in total. The molecule has 0 aliphatic carbocycles. The minimum atomic E-state index is -1.07. The molecule has 1 atom stereocenters. The maximum atomic E-state index is 13.2. The minimum absolute atomic E-state index is 0.0430. The molecular weight excluding hydrogens is 550 g/mol. The number of hydrogen-bond donors (Lipinski definition) is 4. The lowest BCUT2D eigenvalue weighted by Crippen LogP contribution is -2.41. The lowest BCUT2D eigenvalue weighted by atomic mass is 10.1. The predicted molar refractivity (Wildman–Crippen MR) is 166 cm³/mol. The molecular formula is C32H37N5O6. The zero-order valence-electron chi connectivity index (χ0n) is 24.9. The fraction of sp³-hybridized carbons (Fsp3) is 0.281. The summed E-state index contributed by atoms with van der Waals surface area (Å²) < 4.78 is 0. The van der Waals surface area contributed by atoms with E-state index in [9.17, 15) is 29.1 Å². The van der Waals surface area contributed by atoms with Crippen molar-refractivity contribution in [1.29, 1.82) is 0 Å². The van der Waals surface area contributed by atoms with Crippen LogP contribution in [0.4, 0.5) is 27.5 Å². The van der Waals surface area contributed by atoms with Gasteiger partial charge in [-0.1, -0.05) is 51.1 Å². The molecule has 0 fully saturated rings. The van der Waals surface area contributed by atoms with Gasteiger partial charge < -0.3 is 30.9 Å². The summed E-state index contributed by atoms with van der Waals surface area (Å²) in [7, 11) is 1.54. The van der Waals surface area contributed by atoms with Crippen LogP contribution in [0.25, 0.3) is 0 Å². The maximum Gasteiger partial charge on any atom is 0.323 e. The summed E-state index contributed by atoms with van der Waals surface area (Å²) in [6.45, 7) is 6.99. The average Bonchev–Trinajstić information content (AvgIpc) is 3.06. The van der Waals surface area contributed by atoms with E-state index in [2.05, 4.69) is 16.0 Å². The molecule has 1 aliphatic heterocycles. The molecule has 0 spiro atoms. The summed E-state index contributed by atoms with van der Waals surface area (Å²) in [4.78, 5) is 64.9. The third kappa shape index (κ3) is 8.41. The standard InChI is InChI=1S/C30H31N5O6.C2H6/c1-18-6-4-5-7-24(18)33-30(41)32-21-10-8-20(9-11-21)14-26(36)31-22-12-13-25-23(15-22)28(38)35(16-19(2)29(39)40)17-27(37)34(25)3;1-2/h4-13,15,19H,14,16-17H2,1-3H3,(H,31,36)(H,39,40)(H2,32,33,41);1-2H3. The topological polar surface area (TPSA) is 148 Å². The number of carboxylic acid groups (broad SMARTS) is 1. The number of likely N-dealkylation sites (N-methyl/N-ethyl adjacent to an activating group) is 1. The molecule has 3 aromatic carbocycles. The quantitative estimate of drug-likeness (QED) is 0.292. The van der Waals surface area contributed by atoms with Gasteiger partial charge in [0.25, 0.3) is 5.91 Å². The molecule has 4 rings (SSSR count). The predicted octanol–water partition coefficient (Wildman–Crippen LogP) is 4.99. The van der Waals surface area contributed by atoms with Gasteiger partial charge in [0.1, 0.15) is 6.54 Å². The summed E-state index contributed by atoms with van der Waals surface area (Å²) in [6, 6.07) is 18.6. The molecule has 0 radical (unpaired) electrons. The van der Waals surface area contributed by atoms with Crippen LogP contribution in [0.1, 0.15) is 42.3 Å². The van der Waals surface area contributed by atoms with Crippen molar-refractivity contribution in [2.75, 3.05) is 41.0 Å². The SMILES string of the molecule is CC.Cc1ccccc1NC(=O)Nc1ccc(CC(=O)Nc2ccc3c(c2)C(=O)N(CC(C)C(=O)O)CC(=O)N3C)cc1. The van der Waals surface area contributed by atoms with Gasteiger partial charge >= 0.3 is 12.0 Å². The third-order valence-electron chi connectivity index (χ3n) is 6.75. The van der Waals surface area contributed by atoms with Gasteiger partial charge in [-0.15, -0.1) is 0 Å². The van der Waals surface area contributed by atoms with E-state index in [4.69, 9.17) is 0 Å². The smallest absolute Gasteiger partial charge is 0.323 e. The largest absolute Gasteiger partial charge is 0.481 e. The van der Waals surface area contributed by atoms with E-state index in [1.807, 2.05) is 45.0 Å². The van der Waals surface area contributed by atoms with E-state index in [1.165, 1.54) is 22.8 Å². The molecule has 1 unspecified atom stereocenters. The van der Waals surface area contributed by atoms with Crippen LogP contribution in [-0.4, -0.2) is 59.9 Å². The molecule has 11 nitrogen and oxygen atoms in total. The second-order valence-electron chi connectivity index (χ2n) is 9.93. The fourth-order valence-corrected chi connectivity index (χ4v) is 4.37. The number of aliphatic carboxylic acids is 1. The highest BCUT2D eigenvalue weighted by atomic mass is 16.4. The number of fused-ring (bicyclic) bond motifs is 1. The average molecular weight is 588 g/mol. The first-order valence-electron chi connectivity index (χ1n) is 14.0. The van der Waals surface area contributed by atoms with Crippen LogP contribution < -0.4 is 20.9 Å². The number of amides is 5. The second-order valence-corrected chi connectivity index (χ2v) is 9.93. The van der Waals surface area contributed by atoms with Gasteiger partial charge in [0.15, 0.2) is 0 Å². The van der Waals surface area contributed by atoms with Crippen LogP contribution >= 0.6 is 0 Å². The number of nitrogens with zero attached hydrogens (tertiary/aromatic N) is 2. The van der Waals surface area contributed by atoms with Gasteiger partial charge in [-0.3, -0.25) is 19.2 Å². The highest BCUT2D eigenvalue weighted by Gasteiger charge is 2.32. The van der Waals surface area contributed by atoms with Crippen LogP contribution in [-0.2, 0) is 20.8 Å². The molecule has 0 saturated heterocycles. The van der Waals surface area contributed by atoms with Crippen molar-refractivity contribution in [2.24, 2.45) is 5.92 Å². The van der Waals surface area contributed by atoms with E-state index in [0.717, 1.165) is 5.56 Å². The fourth-order valence-electron chi connectivity index (χ4n) is 4.37. The Morgan fingerprint density at radius 2 is 1.56 bits per heavy atom. The van der Waals surface area contributed by atoms with Crippen LogP contribution in [0.5, 0.6) is 0 Å². The third-order valence-corrected chi connectivity index (χ3v) is 6.75. The lowest BCUT2D eigenvalue weighted by Gasteiger charge is -2.22. The first kappa shape index (κ1) is 32.3. The molecule has 0 saturated carbocycles. The number of nitrogens with one attached hydrogen (secondary N) is 3. The molecule has 1 heterocycles. The number of rotatable bonds is 8. The Labute approximate surface area is 250 Å². The summed E-state index contributed by atoms with van der Waals surface area (Å²) in [5.41, 5.74) is 3.84. The Morgan fingerprint density at radius 3 is 2.21 bits per heavy atom. The highest BCUT2D eigenvalue weighted by Crippen LogP contribution is 2.28. The minimum Gasteiger partial charge on any atom is -0.481 e. The number of carbonyl (C=O) groups excluding carboxylic acids is 4. The molecule has 0 bridgehead atoms. The number of para-hydroxylation sites is 1. The van der Waals surface area contributed by atoms with Crippen LogP contribution in [0, 0.1) is 12.8 Å². The van der Waals surface area contributed by atoms with Crippen LogP contribution in [0.15, 0.2) is 66.7 Å². The van der Waals surface area contributed by atoms with E-state index >= 15 is 0 Å². The molecule has 5 amide bonds. The molecule has 0 aromatic heterocycles. The molecule has 43 heavy (non-hydrogen) atoms. The van der Waals surface area contributed by atoms with Crippen molar-refractivity contribution < 1.29 is 29.1 Å². The number of benzene rings is 3. The first-order valence-corrected chi connectivity index (χ1v) is 14.0. The summed E-state index contributed by atoms with van der Waals surface area (Å²) in [5.74, 6) is -3.10. The Morgan fingerprint density at radius 1 is 0.907 bits per heavy atom. The normalized spacial score (nSPS) is 13.1. The van der Waals surface area contributed by atoms with Crippen molar-refractivity contribution in [3.8, 4) is 0 Å². The van der Waals surface area contributed by atoms with E-state index in [0.29, 0.717) is 28.3 Å². The number of anilines is 4. The summed E-state index contributed by atoms with van der Waals surface area (Å²) in [5, 5.41) is 17.6. The van der Waals surface area contributed by atoms with E-state index in [-0.39, 0.29) is 42.9 Å². The van der Waals surface area contributed by atoms with E-state index < -0.39 is 17.8 Å². The molecule has 3 aromatic rings.